The van der Waals surface area contributed by atoms with Crippen LogP contribution in [0.2, 0.25) is 0 Å². The van der Waals surface area contributed by atoms with Crippen molar-refractivity contribution in [3.8, 4) is 0 Å². The third-order valence-electron chi connectivity index (χ3n) is 3.16. The van der Waals surface area contributed by atoms with Gasteiger partial charge in [0.15, 0.2) is 0 Å². The summed E-state index contributed by atoms with van der Waals surface area (Å²) in [6.45, 7) is 4.18. The van der Waals surface area contributed by atoms with Crippen molar-refractivity contribution < 1.29 is 5.11 Å². The van der Waals surface area contributed by atoms with Crippen LogP contribution >= 0.6 is 11.3 Å². The largest absolute Gasteiger partial charge is 0.388 e. The van der Waals surface area contributed by atoms with Gasteiger partial charge in [-0.25, -0.2) is 0 Å². The molecule has 0 bridgehead atoms. The second-order valence-corrected chi connectivity index (χ2v) is 5.51. The number of thiophene rings is 1. The van der Waals surface area contributed by atoms with E-state index < -0.39 is 0 Å². The summed E-state index contributed by atoms with van der Waals surface area (Å²) < 4.78 is 0. The Balaban J connectivity index is 1.99. The lowest BCUT2D eigenvalue weighted by atomic mass is 10.00. The molecule has 0 aliphatic rings. The molecular weight excluding hydrogens is 228 g/mol. The molecule has 1 aromatic carbocycles. The van der Waals surface area contributed by atoms with E-state index in [0.29, 0.717) is 0 Å². The molecule has 0 radical (unpaired) electrons. The molecule has 0 spiro atoms. The maximum atomic E-state index is 10.1. The Morgan fingerprint density at radius 3 is 2.65 bits per heavy atom. The normalized spacial score (nSPS) is 12.6. The second-order valence-electron chi connectivity index (χ2n) is 4.48. The molecular formula is C15H18OS. The molecule has 1 nitrogen and oxygen atoms in total. The lowest BCUT2D eigenvalue weighted by Gasteiger charge is -2.12. The molecule has 2 rings (SSSR count). The minimum Gasteiger partial charge on any atom is -0.388 e. The molecule has 1 aromatic heterocycles. The highest BCUT2D eigenvalue weighted by Crippen LogP contribution is 2.22. The molecule has 1 unspecified atom stereocenters. The highest BCUT2D eigenvalue weighted by atomic mass is 32.1. The van der Waals surface area contributed by atoms with Crippen LogP contribution in [-0.2, 0) is 6.42 Å². The van der Waals surface area contributed by atoms with Gasteiger partial charge in [-0.15, -0.1) is 11.3 Å². The first-order chi connectivity index (χ1) is 8.16. The molecule has 0 aliphatic carbocycles. The summed E-state index contributed by atoms with van der Waals surface area (Å²) in [6, 6.07) is 10.4. The lowest BCUT2D eigenvalue weighted by Crippen LogP contribution is -2.00. The Kier molecular flexibility index (Phi) is 3.97. The zero-order valence-corrected chi connectivity index (χ0v) is 11.1. The molecule has 2 heteroatoms. The van der Waals surface area contributed by atoms with E-state index in [4.69, 9.17) is 0 Å². The predicted octanol–water partition coefficient (Wildman–Crippen LogP) is 4.03. The first-order valence-corrected chi connectivity index (χ1v) is 6.82. The van der Waals surface area contributed by atoms with Crippen LogP contribution in [0.3, 0.4) is 0 Å². The van der Waals surface area contributed by atoms with Crippen molar-refractivity contribution in [1.29, 1.82) is 0 Å². The van der Waals surface area contributed by atoms with Crippen molar-refractivity contribution >= 4 is 11.3 Å². The van der Waals surface area contributed by atoms with E-state index >= 15 is 0 Å². The van der Waals surface area contributed by atoms with Crippen LogP contribution in [0.5, 0.6) is 0 Å². The average molecular weight is 246 g/mol. The number of aryl methyl sites for hydroxylation is 3. The van der Waals surface area contributed by atoms with Gasteiger partial charge in [-0.1, -0.05) is 24.3 Å². The molecule has 0 saturated carbocycles. The summed E-state index contributed by atoms with van der Waals surface area (Å²) in [7, 11) is 0. The van der Waals surface area contributed by atoms with Crippen molar-refractivity contribution in [3.05, 3.63) is 57.3 Å². The van der Waals surface area contributed by atoms with Crippen LogP contribution in [0.4, 0.5) is 0 Å². The molecule has 0 amide bonds. The number of rotatable bonds is 4. The predicted molar refractivity (Wildman–Crippen MR) is 73.5 cm³/mol. The zero-order chi connectivity index (χ0) is 12.3. The molecule has 90 valence electrons. The Labute approximate surface area is 107 Å². The van der Waals surface area contributed by atoms with Crippen molar-refractivity contribution in [2.45, 2.75) is 32.8 Å². The van der Waals surface area contributed by atoms with Crippen LogP contribution in [-0.4, -0.2) is 5.11 Å². The number of hydrogen-bond acceptors (Lipinski definition) is 2. The van der Waals surface area contributed by atoms with Crippen LogP contribution in [0, 0.1) is 13.8 Å². The van der Waals surface area contributed by atoms with E-state index in [1.54, 1.807) is 11.3 Å². The summed E-state index contributed by atoms with van der Waals surface area (Å²) in [4.78, 5) is 1.34. The molecule has 0 saturated heterocycles. The van der Waals surface area contributed by atoms with E-state index in [2.05, 4.69) is 43.5 Å². The van der Waals surface area contributed by atoms with Crippen molar-refractivity contribution in [2.24, 2.45) is 0 Å². The summed E-state index contributed by atoms with van der Waals surface area (Å²) >= 11 is 1.75. The quantitative estimate of drug-likeness (QED) is 0.863. The standard InChI is InChI=1S/C15H18OS/c1-11-5-6-13(10-12(11)2)15(16)8-7-14-4-3-9-17-14/h3-6,9-10,15-16H,7-8H2,1-2H3. The van der Waals surface area contributed by atoms with Crippen LogP contribution in [0.1, 0.15) is 34.1 Å². The van der Waals surface area contributed by atoms with Gasteiger partial charge >= 0.3 is 0 Å². The van der Waals surface area contributed by atoms with E-state index in [1.165, 1.54) is 16.0 Å². The molecule has 0 fully saturated rings. The van der Waals surface area contributed by atoms with Crippen molar-refractivity contribution in [2.75, 3.05) is 0 Å². The zero-order valence-electron chi connectivity index (χ0n) is 10.3. The second kappa shape index (κ2) is 5.48. The van der Waals surface area contributed by atoms with Crippen molar-refractivity contribution in [1.82, 2.24) is 0 Å². The third-order valence-corrected chi connectivity index (χ3v) is 4.10. The Morgan fingerprint density at radius 2 is 2.00 bits per heavy atom. The highest BCUT2D eigenvalue weighted by molar-refractivity contribution is 7.09. The van der Waals surface area contributed by atoms with E-state index in [0.717, 1.165) is 18.4 Å². The Hall–Kier alpha value is -1.12. The Morgan fingerprint density at radius 1 is 1.18 bits per heavy atom. The van der Waals surface area contributed by atoms with Crippen molar-refractivity contribution in [3.63, 3.8) is 0 Å². The highest BCUT2D eigenvalue weighted by Gasteiger charge is 2.08. The number of aliphatic hydroxyl groups excluding tert-OH is 1. The molecule has 1 atom stereocenters. The van der Waals surface area contributed by atoms with Gasteiger partial charge in [0.25, 0.3) is 0 Å². The third kappa shape index (κ3) is 3.18. The van der Waals surface area contributed by atoms with Gasteiger partial charge in [0, 0.05) is 4.88 Å². The van der Waals surface area contributed by atoms with E-state index in [9.17, 15) is 5.11 Å². The minimum absolute atomic E-state index is 0.351. The fourth-order valence-corrected chi connectivity index (χ4v) is 2.60. The smallest absolute Gasteiger partial charge is 0.0793 e. The van der Waals surface area contributed by atoms with Gasteiger partial charge in [0.05, 0.1) is 6.10 Å². The topological polar surface area (TPSA) is 20.2 Å². The van der Waals surface area contributed by atoms with Gasteiger partial charge in [0.2, 0.25) is 0 Å². The SMILES string of the molecule is Cc1ccc(C(O)CCc2cccs2)cc1C. The fraction of sp³-hybridized carbons (Fsp3) is 0.333. The molecule has 1 N–H and O–H groups in total. The fourth-order valence-electron chi connectivity index (χ4n) is 1.87. The van der Waals surface area contributed by atoms with Gasteiger partial charge in [0.1, 0.15) is 0 Å². The first-order valence-electron chi connectivity index (χ1n) is 5.94. The lowest BCUT2D eigenvalue weighted by molar-refractivity contribution is 0.168. The van der Waals surface area contributed by atoms with Gasteiger partial charge in [-0.05, 0) is 54.8 Å². The molecule has 1 heterocycles. The summed E-state index contributed by atoms with van der Waals surface area (Å²) in [5.74, 6) is 0. The Bertz CT molecular complexity index is 474. The van der Waals surface area contributed by atoms with Gasteiger partial charge in [-0.3, -0.25) is 0 Å². The molecule has 17 heavy (non-hydrogen) atoms. The monoisotopic (exact) mass is 246 g/mol. The average Bonchev–Trinajstić information content (AvgIpc) is 2.82. The van der Waals surface area contributed by atoms with E-state index in [1.807, 2.05) is 6.07 Å². The number of aliphatic hydroxyl groups is 1. The molecule has 0 aliphatic heterocycles. The van der Waals surface area contributed by atoms with Crippen LogP contribution in [0.25, 0.3) is 0 Å². The van der Waals surface area contributed by atoms with Crippen LogP contribution in [0.15, 0.2) is 35.7 Å². The minimum atomic E-state index is -0.351. The number of hydrogen-bond donors (Lipinski definition) is 1. The van der Waals surface area contributed by atoms with Gasteiger partial charge < -0.3 is 5.11 Å². The summed E-state index contributed by atoms with van der Waals surface area (Å²) in [6.07, 6.45) is 1.39. The number of benzene rings is 1. The summed E-state index contributed by atoms with van der Waals surface area (Å²) in [5, 5.41) is 12.2. The first kappa shape index (κ1) is 12.3. The maximum Gasteiger partial charge on any atom is 0.0793 e. The molecule has 2 aromatic rings. The van der Waals surface area contributed by atoms with E-state index in [-0.39, 0.29) is 6.10 Å². The van der Waals surface area contributed by atoms with Gasteiger partial charge in [-0.2, -0.15) is 0 Å². The summed E-state index contributed by atoms with van der Waals surface area (Å²) in [5.41, 5.74) is 3.56. The van der Waals surface area contributed by atoms with Crippen LogP contribution < -0.4 is 0 Å². The maximum absolute atomic E-state index is 10.1.